The second kappa shape index (κ2) is 6.73. The van der Waals surface area contributed by atoms with E-state index in [1.54, 1.807) is 7.05 Å². The molecule has 0 bridgehead atoms. The van der Waals surface area contributed by atoms with E-state index < -0.39 is 5.60 Å². The first-order chi connectivity index (χ1) is 11.9. The SMILES string of the molecule is CCc1ccc(C(=O)NC)cc1C12CCCCC1(O)C(C)N(C)CC2. The number of amides is 1. The van der Waals surface area contributed by atoms with Crippen molar-refractivity contribution in [2.45, 2.75) is 69.4 Å². The Bertz CT molecular complexity index is 659. The van der Waals surface area contributed by atoms with Gasteiger partial charge in [-0.1, -0.05) is 25.8 Å². The molecule has 0 aromatic heterocycles. The van der Waals surface area contributed by atoms with Crippen LogP contribution in [0.5, 0.6) is 0 Å². The third-order valence-corrected chi connectivity index (χ3v) is 6.98. The number of fused-ring (bicyclic) bond motifs is 1. The summed E-state index contributed by atoms with van der Waals surface area (Å²) < 4.78 is 0. The maximum Gasteiger partial charge on any atom is 0.251 e. The zero-order valence-corrected chi connectivity index (χ0v) is 16.1. The molecule has 1 aliphatic carbocycles. The fourth-order valence-corrected chi connectivity index (χ4v) is 5.27. The van der Waals surface area contributed by atoms with Crippen molar-refractivity contribution >= 4 is 5.91 Å². The number of aliphatic hydroxyl groups is 1. The fourth-order valence-electron chi connectivity index (χ4n) is 5.27. The van der Waals surface area contributed by atoms with Gasteiger partial charge < -0.3 is 15.3 Å². The Labute approximate surface area is 151 Å². The number of nitrogens with zero attached hydrogens (tertiary/aromatic N) is 1. The Kier molecular flexibility index (Phi) is 4.95. The van der Waals surface area contributed by atoms with Crippen molar-refractivity contribution in [2.75, 3.05) is 20.6 Å². The van der Waals surface area contributed by atoms with Gasteiger partial charge in [-0.15, -0.1) is 0 Å². The molecule has 0 spiro atoms. The number of piperidine rings is 1. The van der Waals surface area contributed by atoms with Gasteiger partial charge in [0.05, 0.1) is 5.60 Å². The molecule has 4 nitrogen and oxygen atoms in total. The molecule has 2 aliphatic rings. The van der Waals surface area contributed by atoms with E-state index in [0.717, 1.165) is 45.1 Å². The molecule has 1 aromatic carbocycles. The van der Waals surface area contributed by atoms with E-state index in [4.69, 9.17) is 0 Å². The van der Waals surface area contributed by atoms with Gasteiger partial charge in [-0.2, -0.15) is 0 Å². The van der Waals surface area contributed by atoms with Gasteiger partial charge in [-0.3, -0.25) is 4.79 Å². The third-order valence-electron chi connectivity index (χ3n) is 6.98. The molecule has 3 rings (SSSR count). The van der Waals surface area contributed by atoms with Crippen molar-refractivity contribution in [1.82, 2.24) is 10.2 Å². The van der Waals surface area contributed by atoms with Crippen molar-refractivity contribution in [3.63, 3.8) is 0 Å². The number of carbonyl (C=O) groups is 1. The molecule has 1 aliphatic heterocycles. The van der Waals surface area contributed by atoms with Crippen molar-refractivity contribution in [3.8, 4) is 0 Å². The third kappa shape index (κ3) is 2.70. The number of likely N-dealkylation sites (N-methyl/N-ethyl adjacent to an activating group) is 1. The van der Waals surface area contributed by atoms with Gasteiger partial charge in [0.15, 0.2) is 0 Å². The van der Waals surface area contributed by atoms with E-state index in [1.165, 1.54) is 11.1 Å². The Balaban J connectivity index is 2.19. The molecule has 4 heteroatoms. The van der Waals surface area contributed by atoms with Crippen LogP contribution >= 0.6 is 0 Å². The van der Waals surface area contributed by atoms with E-state index >= 15 is 0 Å². The molecule has 1 heterocycles. The Hall–Kier alpha value is -1.39. The predicted molar refractivity (Wildman–Crippen MR) is 101 cm³/mol. The predicted octanol–water partition coefficient (Wildman–Crippen LogP) is 2.88. The average Bonchev–Trinajstić information content (AvgIpc) is 2.64. The summed E-state index contributed by atoms with van der Waals surface area (Å²) in [6.45, 7) is 5.31. The maximum atomic E-state index is 12.2. The van der Waals surface area contributed by atoms with Crippen LogP contribution in [0.25, 0.3) is 0 Å². The molecular weight excluding hydrogens is 312 g/mol. The summed E-state index contributed by atoms with van der Waals surface area (Å²) in [7, 11) is 3.78. The summed E-state index contributed by atoms with van der Waals surface area (Å²) in [5.74, 6) is -0.0550. The minimum atomic E-state index is -0.733. The van der Waals surface area contributed by atoms with Crippen LogP contribution in [0.4, 0.5) is 0 Å². The maximum absolute atomic E-state index is 12.2. The van der Waals surface area contributed by atoms with E-state index in [9.17, 15) is 9.90 Å². The minimum absolute atomic E-state index is 0.0550. The van der Waals surface area contributed by atoms with Gasteiger partial charge in [-0.25, -0.2) is 0 Å². The lowest BCUT2D eigenvalue weighted by Gasteiger charge is -2.60. The molecule has 25 heavy (non-hydrogen) atoms. The molecule has 138 valence electrons. The van der Waals surface area contributed by atoms with E-state index in [1.807, 2.05) is 6.07 Å². The first-order valence-corrected chi connectivity index (χ1v) is 9.67. The van der Waals surface area contributed by atoms with E-state index in [2.05, 4.69) is 43.2 Å². The molecule has 1 aromatic rings. The van der Waals surface area contributed by atoms with E-state index in [0.29, 0.717) is 5.56 Å². The summed E-state index contributed by atoms with van der Waals surface area (Å²) in [6, 6.07) is 6.19. The van der Waals surface area contributed by atoms with E-state index in [-0.39, 0.29) is 17.4 Å². The van der Waals surface area contributed by atoms with Crippen LogP contribution < -0.4 is 5.32 Å². The van der Waals surface area contributed by atoms with Crippen LogP contribution in [0.15, 0.2) is 18.2 Å². The van der Waals surface area contributed by atoms with Gasteiger partial charge in [0.1, 0.15) is 0 Å². The van der Waals surface area contributed by atoms with Crippen molar-refractivity contribution < 1.29 is 9.90 Å². The van der Waals surface area contributed by atoms with Crippen molar-refractivity contribution in [3.05, 3.63) is 34.9 Å². The molecule has 1 amide bonds. The van der Waals surface area contributed by atoms with Crippen LogP contribution in [0.3, 0.4) is 0 Å². The zero-order valence-electron chi connectivity index (χ0n) is 16.1. The molecule has 1 saturated carbocycles. The number of rotatable bonds is 3. The van der Waals surface area contributed by atoms with Gasteiger partial charge in [0.25, 0.3) is 5.91 Å². The monoisotopic (exact) mass is 344 g/mol. The standard InChI is InChI=1S/C21H32N2O2/c1-5-16-8-9-17(19(24)22-3)14-18(16)20-10-6-7-11-21(20,25)15(2)23(4)13-12-20/h8-9,14-15,25H,5-7,10-13H2,1-4H3,(H,22,24). The van der Waals surface area contributed by atoms with Gasteiger partial charge in [-0.05, 0) is 69.5 Å². The first kappa shape index (κ1) is 18.4. The molecule has 2 fully saturated rings. The molecule has 3 unspecified atom stereocenters. The Morgan fingerprint density at radius 1 is 1.32 bits per heavy atom. The summed E-state index contributed by atoms with van der Waals surface area (Å²) in [5, 5.41) is 14.6. The fraction of sp³-hybridized carbons (Fsp3) is 0.667. The number of carbonyl (C=O) groups excluding carboxylic acids is 1. The Morgan fingerprint density at radius 2 is 2.04 bits per heavy atom. The van der Waals surface area contributed by atoms with Gasteiger partial charge in [0.2, 0.25) is 0 Å². The number of benzene rings is 1. The van der Waals surface area contributed by atoms with Gasteiger partial charge in [0, 0.05) is 24.1 Å². The second-order valence-electron chi connectivity index (χ2n) is 7.92. The lowest BCUT2D eigenvalue weighted by atomic mass is 9.53. The van der Waals surface area contributed by atoms with Crippen LogP contribution in [0.2, 0.25) is 0 Å². The van der Waals surface area contributed by atoms with Gasteiger partial charge >= 0.3 is 0 Å². The van der Waals surface area contributed by atoms with Crippen LogP contribution in [-0.4, -0.2) is 48.2 Å². The highest BCUT2D eigenvalue weighted by Crippen LogP contribution is 2.54. The average molecular weight is 344 g/mol. The highest BCUT2D eigenvalue weighted by Gasteiger charge is 2.59. The largest absolute Gasteiger partial charge is 0.387 e. The lowest BCUT2D eigenvalue weighted by Crippen LogP contribution is -2.68. The number of nitrogens with one attached hydrogen (secondary N) is 1. The smallest absolute Gasteiger partial charge is 0.251 e. The highest BCUT2D eigenvalue weighted by molar-refractivity contribution is 5.94. The first-order valence-electron chi connectivity index (χ1n) is 9.67. The molecule has 1 saturated heterocycles. The molecular formula is C21H32N2O2. The number of likely N-dealkylation sites (tertiary alicyclic amines) is 1. The summed E-state index contributed by atoms with van der Waals surface area (Å²) >= 11 is 0. The zero-order chi connectivity index (χ0) is 18.2. The molecule has 0 radical (unpaired) electrons. The Morgan fingerprint density at radius 3 is 2.72 bits per heavy atom. The normalized spacial score (nSPS) is 32.9. The highest BCUT2D eigenvalue weighted by atomic mass is 16.3. The summed E-state index contributed by atoms with van der Waals surface area (Å²) in [6.07, 6.45) is 5.94. The summed E-state index contributed by atoms with van der Waals surface area (Å²) in [5.41, 5.74) is 2.20. The number of aryl methyl sites for hydroxylation is 1. The van der Waals surface area contributed by atoms with Crippen LogP contribution in [0.1, 0.15) is 67.4 Å². The number of hydrogen-bond acceptors (Lipinski definition) is 3. The molecule has 3 atom stereocenters. The molecule has 2 N–H and O–H groups in total. The topological polar surface area (TPSA) is 52.6 Å². The number of hydrogen-bond donors (Lipinski definition) is 2. The lowest BCUT2D eigenvalue weighted by molar-refractivity contribution is -0.148. The second-order valence-corrected chi connectivity index (χ2v) is 7.92. The quantitative estimate of drug-likeness (QED) is 0.886. The van der Waals surface area contributed by atoms with Crippen molar-refractivity contribution in [1.29, 1.82) is 0 Å². The van der Waals surface area contributed by atoms with Crippen LogP contribution in [0, 0.1) is 0 Å². The minimum Gasteiger partial charge on any atom is -0.387 e. The summed E-state index contributed by atoms with van der Waals surface area (Å²) in [4.78, 5) is 14.5. The van der Waals surface area contributed by atoms with Crippen LogP contribution in [-0.2, 0) is 11.8 Å². The van der Waals surface area contributed by atoms with Crippen molar-refractivity contribution in [2.24, 2.45) is 0 Å².